The third kappa shape index (κ3) is 2.48. The lowest BCUT2D eigenvalue weighted by molar-refractivity contribution is -0.137. The van der Waals surface area contributed by atoms with Crippen LogP contribution in [-0.4, -0.2) is 0 Å². The van der Waals surface area contributed by atoms with Crippen LogP contribution in [-0.2, 0) is 6.18 Å². The molecule has 0 spiro atoms. The molecule has 0 amide bonds. The zero-order chi connectivity index (χ0) is 11.9. The summed E-state index contributed by atoms with van der Waals surface area (Å²) in [6, 6.07) is 3.95. The van der Waals surface area contributed by atoms with Gasteiger partial charge in [-0.15, -0.1) is 0 Å². The van der Waals surface area contributed by atoms with Crippen molar-refractivity contribution >= 4 is 21.5 Å². The second kappa shape index (κ2) is 3.91. The molecule has 0 nitrogen and oxygen atoms in total. The first kappa shape index (κ1) is 11.7. The van der Waals surface area contributed by atoms with E-state index in [9.17, 15) is 13.2 Å². The van der Waals surface area contributed by atoms with Crippen LogP contribution in [0.25, 0.3) is 5.57 Å². The number of alkyl halides is 3. The molecule has 1 aromatic carbocycles. The van der Waals surface area contributed by atoms with Gasteiger partial charge in [0.05, 0.1) is 5.56 Å². The van der Waals surface area contributed by atoms with Gasteiger partial charge in [-0.05, 0) is 48.1 Å². The lowest BCUT2D eigenvalue weighted by atomic mass is 10.0. The zero-order valence-corrected chi connectivity index (χ0v) is 10.0. The van der Waals surface area contributed by atoms with E-state index in [-0.39, 0.29) is 0 Å². The second-order valence-electron chi connectivity index (χ2n) is 4.03. The highest BCUT2D eigenvalue weighted by molar-refractivity contribution is 9.10. The molecule has 0 heterocycles. The Hall–Kier alpha value is -0.770. The third-order valence-corrected chi connectivity index (χ3v) is 3.12. The second-order valence-corrected chi connectivity index (χ2v) is 4.94. The number of hydrogen-bond donors (Lipinski definition) is 0. The van der Waals surface area contributed by atoms with Crippen molar-refractivity contribution in [1.29, 1.82) is 0 Å². The van der Waals surface area contributed by atoms with E-state index in [1.807, 2.05) is 0 Å². The molecular weight excluding hydrogens is 281 g/mol. The fourth-order valence-electron chi connectivity index (χ4n) is 1.61. The van der Waals surface area contributed by atoms with Crippen molar-refractivity contribution in [3.05, 3.63) is 40.4 Å². The summed E-state index contributed by atoms with van der Waals surface area (Å²) in [6.07, 6.45) is -2.23. The monoisotopic (exact) mass is 290 g/mol. The molecule has 4 heteroatoms. The molecule has 0 aliphatic heterocycles. The van der Waals surface area contributed by atoms with Crippen LogP contribution in [0.3, 0.4) is 0 Å². The highest BCUT2D eigenvalue weighted by Crippen LogP contribution is 2.42. The minimum Gasteiger partial charge on any atom is -0.166 e. The summed E-state index contributed by atoms with van der Waals surface area (Å²) in [7, 11) is 0. The quantitative estimate of drug-likeness (QED) is 0.727. The topological polar surface area (TPSA) is 0 Å². The van der Waals surface area contributed by atoms with E-state index in [1.165, 1.54) is 6.07 Å². The Balaban J connectivity index is 2.39. The van der Waals surface area contributed by atoms with Crippen molar-refractivity contribution < 1.29 is 13.2 Å². The lowest BCUT2D eigenvalue weighted by Gasteiger charge is -2.11. The van der Waals surface area contributed by atoms with Gasteiger partial charge in [0.2, 0.25) is 0 Å². The van der Waals surface area contributed by atoms with E-state index in [0.717, 1.165) is 24.5 Å². The molecule has 0 aromatic heterocycles. The molecular formula is C12H10BrF3. The molecule has 0 saturated heterocycles. The van der Waals surface area contributed by atoms with Crippen molar-refractivity contribution in [1.82, 2.24) is 0 Å². The van der Waals surface area contributed by atoms with Crippen molar-refractivity contribution in [2.45, 2.75) is 19.0 Å². The van der Waals surface area contributed by atoms with E-state index in [1.54, 1.807) is 6.07 Å². The standard InChI is InChI=1S/C12H10BrF3/c1-7(8-2-3-8)9-4-10(12(14,15)16)6-11(13)5-9/h4-6,8H,1-3H2. The number of halogens is 4. The fourth-order valence-corrected chi connectivity index (χ4v) is 2.10. The number of rotatable bonds is 2. The number of allylic oxidation sites excluding steroid dienone is 1. The van der Waals surface area contributed by atoms with E-state index < -0.39 is 11.7 Å². The fraction of sp³-hybridized carbons (Fsp3) is 0.333. The van der Waals surface area contributed by atoms with Crippen molar-refractivity contribution in [3.63, 3.8) is 0 Å². The molecule has 0 bridgehead atoms. The molecule has 1 aliphatic rings. The minimum atomic E-state index is -4.30. The van der Waals surface area contributed by atoms with Crippen molar-refractivity contribution in [2.75, 3.05) is 0 Å². The first-order chi connectivity index (χ1) is 7.38. The summed E-state index contributed by atoms with van der Waals surface area (Å²) in [5.41, 5.74) is 0.773. The Morgan fingerprint density at radius 2 is 1.88 bits per heavy atom. The van der Waals surface area contributed by atoms with Crippen LogP contribution < -0.4 is 0 Å². The summed E-state index contributed by atoms with van der Waals surface area (Å²) >= 11 is 3.10. The molecule has 0 radical (unpaired) electrons. The smallest absolute Gasteiger partial charge is 0.166 e. The van der Waals surface area contributed by atoms with Crippen LogP contribution in [0.4, 0.5) is 13.2 Å². The summed E-state index contributed by atoms with van der Waals surface area (Å²) in [4.78, 5) is 0. The van der Waals surface area contributed by atoms with Gasteiger partial charge in [0.15, 0.2) is 0 Å². The van der Waals surface area contributed by atoms with Crippen molar-refractivity contribution in [3.8, 4) is 0 Å². The summed E-state index contributed by atoms with van der Waals surface area (Å²) in [5.74, 6) is 0.371. The van der Waals surface area contributed by atoms with E-state index in [4.69, 9.17) is 0 Å². The predicted molar refractivity (Wildman–Crippen MR) is 60.9 cm³/mol. The number of hydrogen-bond acceptors (Lipinski definition) is 0. The molecule has 0 atom stereocenters. The van der Waals surface area contributed by atoms with Gasteiger partial charge in [-0.25, -0.2) is 0 Å². The molecule has 1 aromatic rings. The normalized spacial score (nSPS) is 16.2. The molecule has 0 unspecified atom stereocenters. The molecule has 86 valence electrons. The number of benzene rings is 1. The maximum Gasteiger partial charge on any atom is 0.416 e. The molecule has 1 saturated carbocycles. The third-order valence-electron chi connectivity index (χ3n) is 2.67. The summed E-state index contributed by atoms with van der Waals surface area (Å²) < 4.78 is 38.2. The van der Waals surface area contributed by atoms with Gasteiger partial charge in [0.1, 0.15) is 0 Å². The molecule has 2 rings (SSSR count). The van der Waals surface area contributed by atoms with Crippen LogP contribution in [0.2, 0.25) is 0 Å². The summed E-state index contributed by atoms with van der Waals surface area (Å²) in [5, 5.41) is 0. The molecule has 0 N–H and O–H groups in total. The van der Waals surface area contributed by atoms with Gasteiger partial charge in [0, 0.05) is 4.47 Å². The lowest BCUT2D eigenvalue weighted by Crippen LogP contribution is -2.05. The van der Waals surface area contributed by atoms with Crippen LogP contribution in [0, 0.1) is 5.92 Å². The average molecular weight is 291 g/mol. The highest BCUT2D eigenvalue weighted by atomic mass is 79.9. The Morgan fingerprint density at radius 3 is 2.38 bits per heavy atom. The highest BCUT2D eigenvalue weighted by Gasteiger charge is 2.32. The average Bonchev–Trinajstić information content (AvgIpc) is 2.97. The van der Waals surface area contributed by atoms with E-state index in [2.05, 4.69) is 22.5 Å². The molecule has 1 fully saturated rings. The first-order valence-corrected chi connectivity index (χ1v) is 5.74. The van der Waals surface area contributed by atoms with Gasteiger partial charge >= 0.3 is 6.18 Å². The Labute approximate surface area is 100 Å². The van der Waals surface area contributed by atoms with E-state index >= 15 is 0 Å². The van der Waals surface area contributed by atoms with Crippen LogP contribution >= 0.6 is 15.9 Å². The maximum absolute atomic E-state index is 12.6. The molecule has 1 aliphatic carbocycles. The Morgan fingerprint density at radius 1 is 1.25 bits per heavy atom. The van der Waals surface area contributed by atoms with Crippen LogP contribution in [0.1, 0.15) is 24.0 Å². The van der Waals surface area contributed by atoms with Crippen LogP contribution in [0.15, 0.2) is 29.3 Å². The van der Waals surface area contributed by atoms with Gasteiger partial charge in [-0.3, -0.25) is 0 Å². The van der Waals surface area contributed by atoms with Crippen molar-refractivity contribution in [2.24, 2.45) is 5.92 Å². The molecule has 16 heavy (non-hydrogen) atoms. The van der Waals surface area contributed by atoms with Gasteiger partial charge in [0.25, 0.3) is 0 Å². The van der Waals surface area contributed by atoms with E-state index in [0.29, 0.717) is 16.0 Å². The first-order valence-electron chi connectivity index (χ1n) is 4.95. The van der Waals surface area contributed by atoms with Gasteiger partial charge in [-0.1, -0.05) is 22.5 Å². The van der Waals surface area contributed by atoms with Gasteiger partial charge < -0.3 is 0 Å². The SMILES string of the molecule is C=C(c1cc(Br)cc(C(F)(F)F)c1)C1CC1. The largest absolute Gasteiger partial charge is 0.416 e. The predicted octanol–water partition coefficient (Wildman–Crippen LogP) is 4.89. The van der Waals surface area contributed by atoms with Gasteiger partial charge in [-0.2, -0.15) is 13.2 Å². The summed E-state index contributed by atoms with van der Waals surface area (Å²) in [6.45, 7) is 3.86. The maximum atomic E-state index is 12.6. The minimum absolute atomic E-state index is 0.371. The zero-order valence-electron chi connectivity index (χ0n) is 8.44. The Kier molecular flexibility index (Phi) is 2.86. The van der Waals surface area contributed by atoms with Crippen LogP contribution in [0.5, 0.6) is 0 Å². The Bertz CT molecular complexity index is 430.